The smallest absolute Gasteiger partial charge is 0.227 e. The van der Waals surface area contributed by atoms with Gasteiger partial charge in [-0.2, -0.15) is 4.31 Å². The van der Waals surface area contributed by atoms with E-state index in [9.17, 15) is 8.42 Å². The Morgan fingerprint density at radius 2 is 1.77 bits per heavy atom. The molecule has 2 aliphatic rings. The lowest BCUT2D eigenvalue weighted by molar-refractivity contribution is 0.122. The summed E-state index contributed by atoms with van der Waals surface area (Å²) >= 11 is 6.29. The number of benzene rings is 1. The predicted octanol–water partition coefficient (Wildman–Crippen LogP) is 1.71. The number of hydrogen-bond donors (Lipinski definition) is 0. The van der Waals surface area contributed by atoms with E-state index < -0.39 is 10.0 Å². The summed E-state index contributed by atoms with van der Waals surface area (Å²) in [7, 11) is -3.11. The standard InChI is InChI=1S/C20H26ClN5O3S/c1-30(27,28)26-7-5-24(6-8-26)15-16-3-2-4-17(13-16)18-14-19(21)23-20(22-18)25-9-11-29-12-10-25/h2-4,13-14H,5-12,15H2,1H3. The number of ether oxygens (including phenoxy) is 1. The molecule has 0 amide bonds. The SMILES string of the molecule is CS(=O)(=O)N1CCN(Cc2cccc(-c3cc(Cl)nc(N4CCOCC4)n3)c2)CC1. The molecule has 0 aliphatic carbocycles. The topological polar surface area (TPSA) is 78.9 Å². The molecule has 0 saturated carbocycles. The summed E-state index contributed by atoms with van der Waals surface area (Å²) in [6.07, 6.45) is 1.27. The lowest BCUT2D eigenvalue weighted by atomic mass is 10.1. The third kappa shape index (κ3) is 5.28. The fourth-order valence-electron chi connectivity index (χ4n) is 3.76. The van der Waals surface area contributed by atoms with Crippen molar-refractivity contribution < 1.29 is 13.2 Å². The molecule has 0 bridgehead atoms. The fraction of sp³-hybridized carbons (Fsp3) is 0.500. The van der Waals surface area contributed by atoms with Gasteiger partial charge in [0.15, 0.2) is 0 Å². The monoisotopic (exact) mass is 451 g/mol. The Morgan fingerprint density at radius 3 is 2.47 bits per heavy atom. The van der Waals surface area contributed by atoms with E-state index in [1.807, 2.05) is 12.1 Å². The van der Waals surface area contributed by atoms with Crippen molar-refractivity contribution in [3.05, 3.63) is 41.0 Å². The van der Waals surface area contributed by atoms with Gasteiger partial charge < -0.3 is 9.64 Å². The number of sulfonamides is 1. The first-order chi connectivity index (χ1) is 14.4. The van der Waals surface area contributed by atoms with Gasteiger partial charge >= 0.3 is 0 Å². The number of halogens is 1. The van der Waals surface area contributed by atoms with Crippen LogP contribution < -0.4 is 4.90 Å². The Bertz CT molecular complexity index is 990. The highest BCUT2D eigenvalue weighted by Gasteiger charge is 2.23. The first-order valence-corrected chi connectivity index (χ1v) is 12.3. The summed E-state index contributed by atoms with van der Waals surface area (Å²) in [4.78, 5) is 13.5. The van der Waals surface area contributed by atoms with Gasteiger partial charge in [-0.05, 0) is 11.6 Å². The van der Waals surface area contributed by atoms with E-state index in [1.165, 1.54) is 10.6 Å². The summed E-state index contributed by atoms with van der Waals surface area (Å²) < 4.78 is 30.3. The third-order valence-electron chi connectivity index (χ3n) is 5.41. The van der Waals surface area contributed by atoms with Crippen molar-refractivity contribution in [1.82, 2.24) is 19.2 Å². The molecule has 1 aromatic carbocycles. The minimum Gasteiger partial charge on any atom is -0.378 e. The van der Waals surface area contributed by atoms with Crippen molar-refractivity contribution in [3.8, 4) is 11.3 Å². The van der Waals surface area contributed by atoms with Gasteiger partial charge in [0.05, 0.1) is 25.2 Å². The molecule has 0 radical (unpaired) electrons. The molecule has 4 rings (SSSR count). The van der Waals surface area contributed by atoms with Crippen LogP contribution in [0.1, 0.15) is 5.56 Å². The van der Waals surface area contributed by atoms with E-state index in [1.54, 1.807) is 6.07 Å². The van der Waals surface area contributed by atoms with Crippen LogP contribution in [0, 0.1) is 0 Å². The van der Waals surface area contributed by atoms with Crippen molar-refractivity contribution in [2.24, 2.45) is 0 Å². The average molecular weight is 452 g/mol. The molecule has 0 N–H and O–H groups in total. The van der Waals surface area contributed by atoms with Crippen LogP contribution in [0.15, 0.2) is 30.3 Å². The molecule has 1 aromatic heterocycles. The van der Waals surface area contributed by atoms with E-state index in [4.69, 9.17) is 21.3 Å². The molecule has 8 nitrogen and oxygen atoms in total. The quantitative estimate of drug-likeness (QED) is 0.640. The summed E-state index contributed by atoms with van der Waals surface area (Å²) in [6.45, 7) is 6.08. The van der Waals surface area contributed by atoms with Crippen LogP contribution in [0.3, 0.4) is 0 Å². The molecular weight excluding hydrogens is 426 g/mol. The lowest BCUT2D eigenvalue weighted by Crippen LogP contribution is -2.47. The summed E-state index contributed by atoms with van der Waals surface area (Å²) in [5.41, 5.74) is 2.93. The van der Waals surface area contributed by atoms with Gasteiger partial charge in [0.2, 0.25) is 16.0 Å². The van der Waals surface area contributed by atoms with Crippen LogP contribution in [0.5, 0.6) is 0 Å². The molecule has 2 aromatic rings. The summed E-state index contributed by atoms with van der Waals surface area (Å²) in [6, 6.07) is 10.0. The number of rotatable bonds is 5. The minimum absolute atomic E-state index is 0.420. The van der Waals surface area contributed by atoms with E-state index in [-0.39, 0.29) is 0 Å². The van der Waals surface area contributed by atoms with Crippen molar-refractivity contribution in [1.29, 1.82) is 0 Å². The summed E-state index contributed by atoms with van der Waals surface area (Å²) in [5.74, 6) is 0.628. The number of nitrogens with zero attached hydrogens (tertiary/aromatic N) is 5. The maximum Gasteiger partial charge on any atom is 0.227 e. The van der Waals surface area contributed by atoms with Gasteiger partial charge in [0, 0.05) is 57.4 Å². The normalized spacial score (nSPS) is 19.2. The molecule has 3 heterocycles. The van der Waals surface area contributed by atoms with Gasteiger partial charge in [0.25, 0.3) is 0 Å². The molecule has 0 spiro atoms. The first-order valence-electron chi connectivity index (χ1n) is 10.0. The zero-order valence-corrected chi connectivity index (χ0v) is 18.6. The van der Waals surface area contributed by atoms with Crippen LogP contribution >= 0.6 is 11.6 Å². The Hall–Kier alpha value is -1.78. The molecule has 30 heavy (non-hydrogen) atoms. The van der Waals surface area contributed by atoms with Gasteiger partial charge in [-0.3, -0.25) is 4.90 Å². The Labute approximate surface area is 182 Å². The Balaban J connectivity index is 1.48. The third-order valence-corrected chi connectivity index (χ3v) is 6.90. The molecule has 0 unspecified atom stereocenters. The van der Waals surface area contributed by atoms with Crippen LogP contribution in [-0.4, -0.2) is 86.3 Å². The molecule has 0 atom stereocenters. The molecular formula is C20H26ClN5O3S. The average Bonchev–Trinajstić information content (AvgIpc) is 2.74. The van der Waals surface area contributed by atoms with Crippen LogP contribution in [0.4, 0.5) is 5.95 Å². The van der Waals surface area contributed by atoms with E-state index in [0.717, 1.165) is 49.5 Å². The molecule has 10 heteroatoms. The molecule has 2 aliphatic heterocycles. The van der Waals surface area contributed by atoms with Crippen LogP contribution in [0.25, 0.3) is 11.3 Å². The number of anilines is 1. The first kappa shape index (κ1) is 21.5. The maximum absolute atomic E-state index is 11.7. The van der Waals surface area contributed by atoms with Gasteiger partial charge in [-0.25, -0.2) is 18.4 Å². The Kier molecular flexibility index (Phi) is 6.54. The van der Waals surface area contributed by atoms with Gasteiger partial charge in [0.1, 0.15) is 5.15 Å². The molecule has 2 saturated heterocycles. The van der Waals surface area contributed by atoms with E-state index in [0.29, 0.717) is 37.4 Å². The lowest BCUT2D eigenvalue weighted by Gasteiger charge is -2.33. The second-order valence-corrected chi connectivity index (χ2v) is 9.98. The second-order valence-electron chi connectivity index (χ2n) is 7.61. The largest absolute Gasteiger partial charge is 0.378 e. The fourth-order valence-corrected chi connectivity index (χ4v) is 4.77. The maximum atomic E-state index is 11.7. The minimum atomic E-state index is -3.11. The zero-order valence-electron chi connectivity index (χ0n) is 17.0. The van der Waals surface area contributed by atoms with Crippen molar-refractivity contribution in [2.45, 2.75) is 6.54 Å². The Morgan fingerprint density at radius 1 is 1.03 bits per heavy atom. The summed E-state index contributed by atoms with van der Waals surface area (Å²) in [5, 5.41) is 0.420. The van der Waals surface area contributed by atoms with Crippen LogP contribution in [-0.2, 0) is 21.3 Å². The molecule has 162 valence electrons. The van der Waals surface area contributed by atoms with Crippen molar-refractivity contribution in [2.75, 3.05) is 63.6 Å². The highest BCUT2D eigenvalue weighted by molar-refractivity contribution is 7.88. The second kappa shape index (κ2) is 9.15. The predicted molar refractivity (Wildman–Crippen MR) is 117 cm³/mol. The number of piperazine rings is 1. The van der Waals surface area contributed by atoms with Gasteiger partial charge in [-0.15, -0.1) is 0 Å². The highest BCUT2D eigenvalue weighted by atomic mass is 35.5. The van der Waals surface area contributed by atoms with Crippen molar-refractivity contribution >= 4 is 27.6 Å². The molecule has 2 fully saturated rings. The zero-order chi connectivity index (χ0) is 21.1. The number of aromatic nitrogens is 2. The number of morpholine rings is 1. The van der Waals surface area contributed by atoms with Gasteiger partial charge in [-0.1, -0.05) is 29.8 Å². The van der Waals surface area contributed by atoms with E-state index >= 15 is 0 Å². The van der Waals surface area contributed by atoms with Crippen molar-refractivity contribution in [3.63, 3.8) is 0 Å². The highest BCUT2D eigenvalue weighted by Crippen LogP contribution is 2.25. The number of hydrogen-bond acceptors (Lipinski definition) is 7. The van der Waals surface area contributed by atoms with E-state index in [2.05, 4.69) is 26.9 Å². The van der Waals surface area contributed by atoms with Crippen LogP contribution in [0.2, 0.25) is 5.15 Å².